The zero-order valence-electron chi connectivity index (χ0n) is 15.9. The average molecular weight is 363 g/mol. The molecule has 2 aromatic carbocycles. The summed E-state index contributed by atoms with van der Waals surface area (Å²) in [6.07, 6.45) is 1.85. The third kappa shape index (κ3) is 4.67. The van der Waals surface area contributed by atoms with Gasteiger partial charge in [-0.3, -0.25) is 4.99 Å². The zero-order chi connectivity index (χ0) is 19.1. The first-order valence-corrected chi connectivity index (χ1v) is 8.84. The summed E-state index contributed by atoms with van der Waals surface area (Å²) in [5.41, 5.74) is 3.23. The fraction of sp³-hybridized carbons (Fsp3) is 0.238. The second kappa shape index (κ2) is 8.89. The van der Waals surface area contributed by atoms with E-state index in [0.717, 1.165) is 34.4 Å². The lowest BCUT2D eigenvalue weighted by atomic mass is 10.2. The second-order valence-corrected chi connectivity index (χ2v) is 6.18. The third-order valence-electron chi connectivity index (χ3n) is 4.30. The van der Waals surface area contributed by atoms with Crippen LogP contribution in [-0.4, -0.2) is 42.0 Å². The van der Waals surface area contributed by atoms with Crippen LogP contribution in [0.5, 0.6) is 5.75 Å². The molecule has 3 aromatic rings. The van der Waals surface area contributed by atoms with Gasteiger partial charge in [0.25, 0.3) is 0 Å². The Morgan fingerprint density at radius 2 is 1.89 bits per heavy atom. The van der Waals surface area contributed by atoms with Crippen LogP contribution in [0, 0.1) is 0 Å². The number of guanidine groups is 1. The molecule has 0 bridgehead atoms. The maximum Gasteiger partial charge on any atom is 0.194 e. The standard InChI is InChI=1S/C21H25N5O/c1-22-21(26(2)15-17-11-7-8-12-19(17)27-3)24-14-20-23-13-18(25-20)16-9-5-4-6-10-16/h4-13H,14-15H2,1-3H3,(H,22,24)(H,23,25). The van der Waals surface area contributed by atoms with Crippen LogP contribution in [-0.2, 0) is 13.1 Å². The number of aromatic amines is 1. The number of methoxy groups -OCH3 is 1. The molecule has 0 fully saturated rings. The van der Waals surface area contributed by atoms with E-state index in [1.807, 2.05) is 49.6 Å². The van der Waals surface area contributed by atoms with Gasteiger partial charge in [0.15, 0.2) is 5.96 Å². The summed E-state index contributed by atoms with van der Waals surface area (Å²) in [5.74, 6) is 2.53. The van der Waals surface area contributed by atoms with Crippen molar-refractivity contribution in [3.8, 4) is 17.0 Å². The third-order valence-corrected chi connectivity index (χ3v) is 4.30. The van der Waals surface area contributed by atoms with Crippen LogP contribution in [0.2, 0.25) is 0 Å². The van der Waals surface area contributed by atoms with Gasteiger partial charge in [0.1, 0.15) is 11.6 Å². The van der Waals surface area contributed by atoms with Crippen molar-refractivity contribution in [3.63, 3.8) is 0 Å². The first-order chi connectivity index (χ1) is 13.2. The number of ether oxygens (including phenoxy) is 1. The highest BCUT2D eigenvalue weighted by Crippen LogP contribution is 2.19. The van der Waals surface area contributed by atoms with Gasteiger partial charge in [-0.05, 0) is 11.6 Å². The number of rotatable bonds is 6. The molecule has 0 aliphatic carbocycles. The maximum atomic E-state index is 5.43. The summed E-state index contributed by atoms with van der Waals surface area (Å²) in [5, 5.41) is 3.35. The first-order valence-electron chi connectivity index (χ1n) is 8.84. The summed E-state index contributed by atoms with van der Waals surface area (Å²) in [6.45, 7) is 1.26. The predicted molar refractivity (Wildman–Crippen MR) is 109 cm³/mol. The van der Waals surface area contributed by atoms with Crippen LogP contribution < -0.4 is 10.1 Å². The lowest BCUT2D eigenvalue weighted by Crippen LogP contribution is -2.38. The Morgan fingerprint density at radius 3 is 2.63 bits per heavy atom. The number of hydrogen-bond donors (Lipinski definition) is 2. The summed E-state index contributed by atoms with van der Waals surface area (Å²) in [7, 11) is 5.46. The van der Waals surface area contributed by atoms with Crippen LogP contribution in [0.4, 0.5) is 0 Å². The van der Waals surface area contributed by atoms with Crippen molar-refractivity contribution in [1.29, 1.82) is 0 Å². The van der Waals surface area contributed by atoms with Crippen LogP contribution in [0.25, 0.3) is 11.3 Å². The van der Waals surface area contributed by atoms with Crippen molar-refractivity contribution in [2.24, 2.45) is 4.99 Å². The van der Waals surface area contributed by atoms with E-state index in [9.17, 15) is 0 Å². The van der Waals surface area contributed by atoms with Gasteiger partial charge in [0.2, 0.25) is 0 Å². The van der Waals surface area contributed by atoms with Crippen molar-refractivity contribution in [2.75, 3.05) is 21.2 Å². The fourth-order valence-electron chi connectivity index (χ4n) is 2.93. The number of imidazole rings is 1. The van der Waals surface area contributed by atoms with Crippen LogP contribution in [0.1, 0.15) is 11.4 Å². The number of aliphatic imine (C=N–C) groups is 1. The van der Waals surface area contributed by atoms with E-state index < -0.39 is 0 Å². The molecule has 0 atom stereocenters. The number of aromatic nitrogens is 2. The molecule has 1 aromatic heterocycles. The van der Waals surface area contributed by atoms with E-state index in [1.165, 1.54) is 0 Å². The number of benzene rings is 2. The molecule has 0 spiro atoms. The minimum absolute atomic E-state index is 0.565. The summed E-state index contributed by atoms with van der Waals surface area (Å²) >= 11 is 0. The molecule has 6 nitrogen and oxygen atoms in total. The molecule has 27 heavy (non-hydrogen) atoms. The monoisotopic (exact) mass is 363 g/mol. The normalized spacial score (nSPS) is 11.3. The average Bonchev–Trinajstić information content (AvgIpc) is 3.18. The Kier molecular flexibility index (Phi) is 6.10. The molecule has 0 aliphatic heterocycles. The van der Waals surface area contributed by atoms with E-state index in [2.05, 4.69) is 43.4 Å². The number of nitrogens with zero attached hydrogens (tertiary/aromatic N) is 3. The van der Waals surface area contributed by atoms with Crippen molar-refractivity contribution in [2.45, 2.75) is 13.1 Å². The van der Waals surface area contributed by atoms with Gasteiger partial charge in [-0.25, -0.2) is 4.98 Å². The first kappa shape index (κ1) is 18.5. The van der Waals surface area contributed by atoms with Crippen molar-refractivity contribution < 1.29 is 4.74 Å². The zero-order valence-corrected chi connectivity index (χ0v) is 15.9. The molecular weight excluding hydrogens is 338 g/mol. The van der Waals surface area contributed by atoms with Crippen LogP contribution in [0.15, 0.2) is 65.8 Å². The highest BCUT2D eigenvalue weighted by Gasteiger charge is 2.11. The Labute approximate surface area is 159 Å². The maximum absolute atomic E-state index is 5.43. The highest BCUT2D eigenvalue weighted by atomic mass is 16.5. The quantitative estimate of drug-likeness (QED) is 0.521. The molecule has 140 valence electrons. The SMILES string of the molecule is CN=C(NCc1ncc(-c2ccccc2)[nH]1)N(C)Cc1ccccc1OC. The van der Waals surface area contributed by atoms with Crippen molar-refractivity contribution >= 4 is 5.96 Å². The van der Waals surface area contributed by atoms with Crippen LogP contribution in [0.3, 0.4) is 0 Å². The Bertz CT molecular complexity index is 888. The molecule has 1 heterocycles. The Balaban J connectivity index is 1.61. The molecule has 0 saturated carbocycles. The van der Waals surface area contributed by atoms with E-state index in [0.29, 0.717) is 13.1 Å². The van der Waals surface area contributed by atoms with Crippen LogP contribution >= 0.6 is 0 Å². The molecule has 2 N–H and O–H groups in total. The van der Waals surface area contributed by atoms with Gasteiger partial charge in [-0.1, -0.05) is 48.5 Å². The lowest BCUT2D eigenvalue weighted by molar-refractivity contribution is 0.396. The molecule has 0 saturated heterocycles. The summed E-state index contributed by atoms with van der Waals surface area (Å²) < 4.78 is 5.43. The van der Waals surface area contributed by atoms with Gasteiger partial charge in [-0.2, -0.15) is 0 Å². The van der Waals surface area contributed by atoms with Gasteiger partial charge in [0, 0.05) is 26.2 Å². The van der Waals surface area contributed by atoms with Gasteiger partial charge >= 0.3 is 0 Å². The number of para-hydroxylation sites is 1. The summed E-state index contributed by atoms with van der Waals surface area (Å²) in [4.78, 5) is 14.2. The van der Waals surface area contributed by atoms with E-state index >= 15 is 0 Å². The van der Waals surface area contributed by atoms with Gasteiger partial charge in [-0.15, -0.1) is 0 Å². The molecule has 6 heteroatoms. The molecule has 3 rings (SSSR count). The largest absolute Gasteiger partial charge is 0.496 e. The molecule has 0 unspecified atom stereocenters. The topological polar surface area (TPSA) is 65.5 Å². The molecule has 0 aliphatic rings. The second-order valence-electron chi connectivity index (χ2n) is 6.18. The van der Waals surface area contributed by atoms with Crippen molar-refractivity contribution in [3.05, 3.63) is 72.2 Å². The van der Waals surface area contributed by atoms with E-state index in [1.54, 1.807) is 14.2 Å². The van der Waals surface area contributed by atoms with E-state index in [-0.39, 0.29) is 0 Å². The summed E-state index contributed by atoms with van der Waals surface area (Å²) in [6, 6.07) is 18.2. The molecule has 0 amide bonds. The number of H-pyrrole nitrogens is 1. The smallest absolute Gasteiger partial charge is 0.194 e. The van der Waals surface area contributed by atoms with Gasteiger partial charge in [0.05, 0.1) is 25.5 Å². The minimum atomic E-state index is 0.565. The minimum Gasteiger partial charge on any atom is -0.496 e. The van der Waals surface area contributed by atoms with E-state index in [4.69, 9.17) is 4.74 Å². The fourth-order valence-corrected chi connectivity index (χ4v) is 2.93. The lowest BCUT2D eigenvalue weighted by Gasteiger charge is -2.22. The molecular formula is C21H25N5O. The number of hydrogen-bond acceptors (Lipinski definition) is 3. The number of nitrogens with one attached hydrogen (secondary N) is 2. The highest BCUT2D eigenvalue weighted by molar-refractivity contribution is 5.79. The Morgan fingerprint density at radius 1 is 1.15 bits per heavy atom. The predicted octanol–water partition coefficient (Wildman–Crippen LogP) is 3.29. The Hall–Kier alpha value is -3.28. The van der Waals surface area contributed by atoms with Crippen molar-refractivity contribution in [1.82, 2.24) is 20.2 Å². The molecule has 0 radical (unpaired) electrons. The van der Waals surface area contributed by atoms with Gasteiger partial charge < -0.3 is 19.9 Å².